The summed E-state index contributed by atoms with van der Waals surface area (Å²) in [6, 6.07) is 6.66. The van der Waals surface area contributed by atoms with Gasteiger partial charge in [-0.1, -0.05) is 101 Å². The van der Waals surface area contributed by atoms with E-state index >= 15 is 0 Å². The van der Waals surface area contributed by atoms with Crippen LogP contribution in [-0.2, 0) is 60.7 Å². The Balaban J connectivity index is 1.03. The van der Waals surface area contributed by atoms with Crippen molar-refractivity contribution >= 4 is 104 Å². The highest BCUT2D eigenvalue weighted by atomic mass is 79.9. The Morgan fingerprint density at radius 3 is 2.46 bits per heavy atom. The van der Waals surface area contributed by atoms with Gasteiger partial charge in [-0.05, 0) is 81.8 Å². The number of likely N-dealkylation sites (N-methyl/N-ethyl adjacent to an activating group) is 3. The molecule has 6 rings (SSSR count). The number of allylic oxidation sites excluding steroid dienone is 4. The summed E-state index contributed by atoms with van der Waals surface area (Å²) in [7, 11) is 8.84. The maximum atomic E-state index is 14.4. The monoisotopic (exact) mass is 1360 g/mol. The summed E-state index contributed by atoms with van der Waals surface area (Å²) < 4.78 is 40.7. The van der Waals surface area contributed by atoms with Crippen LogP contribution in [0.25, 0.3) is 0 Å². The Labute approximate surface area is 542 Å². The van der Waals surface area contributed by atoms with Crippen LogP contribution in [0.1, 0.15) is 96.6 Å². The number of hydrogen-bond acceptors (Lipinski definition) is 18. The molecule has 2 aromatic rings. The van der Waals surface area contributed by atoms with Crippen LogP contribution in [0.5, 0.6) is 11.5 Å². The minimum absolute atomic E-state index is 0.0334. The van der Waals surface area contributed by atoms with Crippen molar-refractivity contribution in [2.45, 2.75) is 146 Å². The summed E-state index contributed by atoms with van der Waals surface area (Å²) in [6.45, 7) is 6.76. The Kier molecular flexibility index (Phi) is 26.8. The summed E-state index contributed by atoms with van der Waals surface area (Å²) >= 11 is 10.8. The molecule has 0 aromatic heterocycles. The molecule has 25 nitrogen and oxygen atoms in total. The summed E-state index contributed by atoms with van der Waals surface area (Å²) in [5.41, 5.74) is -0.692. The minimum Gasteiger partial charge on any atom is -0.495 e. The van der Waals surface area contributed by atoms with E-state index in [1.54, 1.807) is 44.2 Å². The number of amides is 8. The fourth-order valence-corrected chi connectivity index (χ4v) is 11.7. The first kappa shape index (κ1) is 72.2. The number of nitrogens with zero attached hydrogens (tertiary/aromatic N) is 4. The fourth-order valence-electron chi connectivity index (χ4n) is 10.5. The van der Waals surface area contributed by atoms with Crippen molar-refractivity contribution < 1.29 is 81.4 Å². The van der Waals surface area contributed by atoms with Crippen LogP contribution in [-0.4, -0.2) is 194 Å². The Bertz CT molecular complexity index is 3050. The Morgan fingerprint density at radius 1 is 0.989 bits per heavy atom. The van der Waals surface area contributed by atoms with Gasteiger partial charge < -0.3 is 73.8 Å². The average Bonchev–Trinajstić information content (AvgIpc) is 1.57. The van der Waals surface area contributed by atoms with E-state index in [1.165, 1.54) is 81.1 Å². The lowest BCUT2D eigenvalue weighted by Crippen LogP contribution is -2.63. The number of alkyl carbamates (subject to hydrolysis) is 1. The second-order valence-corrected chi connectivity index (χ2v) is 25.0. The molecular formula is C62H84BrClN8O17S. The predicted octanol–water partition coefficient (Wildman–Crippen LogP) is 7.78. The summed E-state index contributed by atoms with van der Waals surface area (Å²) in [6.07, 6.45) is 7.21. The Hall–Kier alpha value is -6.91. The maximum absolute atomic E-state index is 14.4. The van der Waals surface area contributed by atoms with Gasteiger partial charge in [-0.2, -0.15) is 0 Å². The van der Waals surface area contributed by atoms with Crippen molar-refractivity contribution in [3.63, 3.8) is 0 Å². The molecule has 5 N–H and O–H groups in total. The quantitative estimate of drug-likeness (QED) is 0.0278. The third kappa shape index (κ3) is 20.0. The van der Waals surface area contributed by atoms with Crippen LogP contribution in [0.3, 0.4) is 0 Å². The number of fused-ring (bicyclic) bond motifs is 5. The number of aliphatic hydroxyl groups is 1. The molecule has 9 atom stereocenters. The first-order valence-electron chi connectivity index (χ1n) is 29.7. The van der Waals surface area contributed by atoms with Crippen molar-refractivity contribution in [3.05, 3.63) is 82.4 Å². The number of halogens is 2. The van der Waals surface area contributed by atoms with Gasteiger partial charge in [0.2, 0.25) is 23.6 Å². The number of epoxide rings is 1. The third-order valence-electron chi connectivity index (χ3n) is 16.2. The minimum atomic E-state index is -1.90. The van der Waals surface area contributed by atoms with Crippen LogP contribution in [0.4, 0.5) is 30.6 Å². The molecule has 8 amide bonds. The van der Waals surface area contributed by atoms with E-state index in [9.17, 15) is 48.3 Å². The molecule has 2 fully saturated rings. The normalized spacial score (nSPS) is 25.0. The molecule has 4 bridgehead atoms. The second kappa shape index (κ2) is 33.4. The van der Waals surface area contributed by atoms with Gasteiger partial charge in [0.05, 0.1) is 42.4 Å². The maximum Gasteiger partial charge on any atom is 0.413 e. The largest absolute Gasteiger partial charge is 0.495 e. The number of carbonyl (C=O) groups excluding carboxylic acids is 9. The van der Waals surface area contributed by atoms with Gasteiger partial charge in [0.25, 0.3) is 5.24 Å². The smallest absolute Gasteiger partial charge is 0.413 e. The summed E-state index contributed by atoms with van der Waals surface area (Å²) in [5, 5.41) is 22.4. The second-order valence-electron chi connectivity index (χ2n) is 23.0. The van der Waals surface area contributed by atoms with Crippen molar-refractivity contribution in [2.24, 2.45) is 5.92 Å². The number of hydrogen-bond donors (Lipinski definition) is 5. The zero-order valence-corrected chi connectivity index (χ0v) is 55.7. The Morgan fingerprint density at radius 2 is 1.73 bits per heavy atom. The SMILES string of the molecule is COc1cc2cc(c1Cl)N(C)C(=O)C[C@H](OC(=O)[C@H](C)N(C)C(=O)CCSC(=O)N(C)CCN(C)C(=O)OCc1ccc(OC(=O)NC3/C=C/CCCCC3)c(NC(=O)CCNC(=O)CBr)c1)[C@]1(C)OC1[C@H](C)[C@@H]1C[C@@](O)(NC(=O)O1)[C@H](OC)/C=C/C=C(\C)C2. The fraction of sp³-hybridized carbons (Fsp3) is 0.565. The average molecular weight is 1360 g/mol. The molecule has 2 saturated heterocycles. The molecule has 28 heteroatoms. The molecule has 2 unspecified atom stereocenters. The van der Waals surface area contributed by atoms with Gasteiger partial charge in [-0.15, -0.1) is 0 Å². The van der Waals surface area contributed by atoms with Gasteiger partial charge in [0.1, 0.15) is 47.3 Å². The predicted molar refractivity (Wildman–Crippen MR) is 341 cm³/mol. The summed E-state index contributed by atoms with van der Waals surface area (Å²) in [4.78, 5) is 125. The first-order valence-corrected chi connectivity index (χ1v) is 32.2. The van der Waals surface area contributed by atoms with E-state index in [4.69, 9.17) is 44.8 Å². The number of methoxy groups -OCH3 is 2. The van der Waals surface area contributed by atoms with E-state index in [0.717, 1.165) is 55.0 Å². The lowest BCUT2D eigenvalue weighted by molar-refractivity contribution is -0.162. The molecule has 90 heavy (non-hydrogen) atoms. The van der Waals surface area contributed by atoms with Gasteiger partial charge in [0, 0.05) is 85.9 Å². The van der Waals surface area contributed by atoms with E-state index in [1.807, 2.05) is 25.2 Å². The summed E-state index contributed by atoms with van der Waals surface area (Å²) in [5.74, 6) is -2.85. The number of carbonyl (C=O) groups is 9. The molecule has 3 heterocycles. The number of alkyl halides is 1. The van der Waals surface area contributed by atoms with Gasteiger partial charge in [-0.3, -0.25) is 29.3 Å². The van der Waals surface area contributed by atoms with E-state index in [-0.39, 0.29) is 85.0 Å². The zero-order valence-electron chi connectivity index (χ0n) is 52.6. The van der Waals surface area contributed by atoms with Gasteiger partial charge in [-0.25, -0.2) is 19.2 Å². The molecule has 494 valence electrons. The van der Waals surface area contributed by atoms with Crippen molar-refractivity contribution in [2.75, 3.05) is 83.3 Å². The van der Waals surface area contributed by atoms with Crippen molar-refractivity contribution in [1.82, 2.24) is 30.7 Å². The van der Waals surface area contributed by atoms with Gasteiger partial charge in [0.15, 0.2) is 11.5 Å². The van der Waals surface area contributed by atoms with E-state index in [0.29, 0.717) is 23.4 Å². The number of anilines is 2. The van der Waals surface area contributed by atoms with Crippen LogP contribution in [0.15, 0.2) is 66.3 Å². The number of nitrogens with one attached hydrogen (secondary N) is 4. The van der Waals surface area contributed by atoms with E-state index in [2.05, 4.69) is 37.2 Å². The number of esters is 1. The third-order valence-corrected chi connectivity index (χ3v) is 18.1. The number of ether oxygens (including phenoxy) is 7. The number of rotatable bonds is 20. The molecule has 4 aliphatic rings. The highest BCUT2D eigenvalue weighted by Crippen LogP contribution is 2.49. The number of benzene rings is 2. The van der Waals surface area contributed by atoms with Gasteiger partial charge >= 0.3 is 24.2 Å². The first-order chi connectivity index (χ1) is 42.7. The van der Waals surface area contributed by atoms with Crippen molar-refractivity contribution in [1.29, 1.82) is 0 Å². The molecule has 3 aliphatic heterocycles. The molecule has 0 spiro atoms. The topological polar surface area (TPSA) is 303 Å². The highest BCUT2D eigenvalue weighted by Gasteiger charge is 2.64. The number of thioether (sulfide) groups is 1. The molecule has 0 radical (unpaired) electrons. The lowest BCUT2D eigenvalue weighted by atomic mass is 9.83. The molecule has 2 aromatic carbocycles. The standard InChI is InChI=1S/C62H84BrClN8O17S/c1-37-17-16-20-48(84-10)62(82)34-47(87-58(79)68-62)38(2)55-61(4,89-55)49(33-53(76)72(8)44-31-41(29-37)32-46(83-9)54(44)64)88-56(77)39(3)71(7)52(75)24-28-90-60(81)70(6)27-26-69(5)59(80)85-36-40-21-22-45(43(30-40)67-50(73)23-25-65-51(74)35-63)86-57(78)66-42-18-14-12-11-13-15-19-42/h14,16-18,20-22,30-32,38-39,42,47-49,55,82H,11-13,15,19,23-29,33-36H2,1-10H3,(H,65,74)(H,66,78)(H,67,73)(H,68,79)/b18-14+,20-16+,37-17+/t38-,39+,42?,47+,48-,49+,55?,61+,62+/m1/s1. The van der Waals surface area contributed by atoms with Crippen LogP contribution < -0.4 is 35.6 Å². The van der Waals surface area contributed by atoms with Crippen LogP contribution in [0, 0.1) is 5.92 Å². The molecular weight excluding hydrogens is 1280 g/mol. The lowest BCUT2D eigenvalue weighted by Gasteiger charge is -2.42. The highest BCUT2D eigenvalue weighted by molar-refractivity contribution is 9.09. The van der Waals surface area contributed by atoms with Crippen LogP contribution in [0.2, 0.25) is 5.02 Å². The van der Waals surface area contributed by atoms with Crippen molar-refractivity contribution in [3.8, 4) is 11.5 Å². The zero-order chi connectivity index (χ0) is 66.0. The molecule has 0 saturated carbocycles. The van der Waals surface area contributed by atoms with E-state index < -0.39 is 101 Å². The molecule has 1 aliphatic carbocycles. The van der Waals surface area contributed by atoms with Crippen LogP contribution >= 0.6 is 39.3 Å².